The van der Waals surface area contributed by atoms with Crippen LogP contribution in [0.4, 0.5) is 0 Å². The average Bonchev–Trinajstić information content (AvgIpc) is 3.21. The van der Waals surface area contributed by atoms with Crippen LogP contribution in [0.2, 0.25) is 0 Å². The van der Waals surface area contributed by atoms with Crippen molar-refractivity contribution in [1.82, 2.24) is 24.5 Å². The van der Waals surface area contributed by atoms with Gasteiger partial charge in [-0.3, -0.25) is 18.6 Å². The quantitative estimate of drug-likeness (QED) is 0.458. The fraction of sp³-hybridized carbons (Fsp3) is 0.238. The van der Waals surface area contributed by atoms with Crippen LogP contribution in [0.5, 0.6) is 5.75 Å². The molecule has 2 heterocycles. The van der Waals surface area contributed by atoms with Crippen LogP contribution in [0.25, 0.3) is 16.7 Å². The smallest absolute Gasteiger partial charge is 0.262 e. The summed E-state index contributed by atoms with van der Waals surface area (Å²) in [6.07, 6.45) is 0.737. The lowest BCUT2D eigenvalue weighted by atomic mass is 10.1. The second-order valence-corrected chi connectivity index (χ2v) is 7.68. The fourth-order valence-electron chi connectivity index (χ4n) is 3.22. The van der Waals surface area contributed by atoms with E-state index in [0.29, 0.717) is 22.9 Å². The molecule has 0 bridgehead atoms. The fourth-order valence-corrected chi connectivity index (χ4v) is 3.99. The third-order valence-corrected chi connectivity index (χ3v) is 5.75. The van der Waals surface area contributed by atoms with E-state index >= 15 is 0 Å². The molecule has 1 N–H and O–H groups in total. The van der Waals surface area contributed by atoms with Gasteiger partial charge in [0.1, 0.15) is 5.75 Å². The molecular weight excluding hydrogens is 402 g/mol. The number of hydrogen-bond donors (Lipinski definition) is 1. The van der Waals surface area contributed by atoms with Crippen molar-refractivity contribution < 1.29 is 9.53 Å². The predicted molar refractivity (Wildman–Crippen MR) is 116 cm³/mol. The molecule has 4 rings (SSSR count). The van der Waals surface area contributed by atoms with Crippen molar-refractivity contribution in [1.29, 1.82) is 0 Å². The van der Waals surface area contributed by atoms with Crippen LogP contribution in [0.15, 0.2) is 58.5 Å². The Morgan fingerprint density at radius 2 is 1.90 bits per heavy atom. The molecule has 2 aromatic carbocycles. The summed E-state index contributed by atoms with van der Waals surface area (Å²) in [5, 5.41) is 12.4. The van der Waals surface area contributed by atoms with E-state index in [1.54, 1.807) is 20.2 Å². The van der Waals surface area contributed by atoms with Gasteiger partial charge in [0.15, 0.2) is 5.16 Å². The van der Waals surface area contributed by atoms with Crippen molar-refractivity contribution in [2.24, 2.45) is 7.05 Å². The van der Waals surface area contributed by atoms with Gasteiger partial charge in [-0.2, -0.15) is 0 Å². The van der Waals surface area contributed by atoms with Gasteiger partial charge in [0.05, 0.1) is 23.8 Å². The molecular formula is C21H21N5O3S. The van der Waals surface area contributed by atoms with Gasteiger partial charge < -0.3 is 10.1 Å². The molecule has 0 aliphatic carbocycles. The first-order valence-corrected chi connectivity index (χ1v) is 10.4. The molecule has 9 heteroatoms. The molecule has 0 aliphatic heterocycles. The second-order valence-electron chi connectivity index (χ2n) is 6.74. The van der Waals surface area contributed by atoms with Crippen LogP contribution in [0, 0.1) is 0 Å². The SMILES string of the molecule is COc1ccc(CCNC(=O)CSc2nnc3n(C)c(=O)c4ccccc4n23)cc1. The minimum absolute atomic E-state index is 0.0839. The molecule has 0 atom stereocenters. The molecule has 0 fully saturated rings. The number of para-hydroxylation sites is 1. The maximum Gasteiger partial charge on any atom is 0.262 e. The standard InChI is InChI=1S/C21H21N5O3S/c1-25-19(28)16-5-3-4-6-17(16)26-20(25)23-24-21(26)30-13-18(27)22-12-11-14-7-9-15(29-2)10-8-14/h3-10H,11-13H2,1-2H3,(H,22,27). The largest absolute Gasteiger partial charge is 0.497 e. The third kappa shape index (κ3) is 3.88. The number of thioether (sulfide) groups is 1. The monoisotopic (exact) mass is 423 g/mol. The number of carbonyl (C=O) groups is 1. The summed E-state index contributed by atoms with van der Waals surface area (Å²) in [4.78, 5) is 24.8. The highest BCUT2D eigenvalue weighted by molar-refractivity contribution is 7.99. The van der Waals surface area contributed by atoms with Gasteiger partial charge in [0, 0.05) is 13.6 Å². The minimum Gasteiger partial charge on any atom is -0.497 e. The van der Waals surface area contributed by atoms with Gasteiger partial charge in [-0.15, -0.1) is 10.2 Å². The number of aryl methyl sites for hydroxylation is 1. The maximum absolute atomic E-state index is 12.5. The number of ether oxygens (including phenoxy) is 1. The zero-order chi connectivity index (χ0) is 21.1. The maximum atomic E-state index is 12.5. The van der Waals surface area contributed by atoms with E-state index in [0.717, 1.165) is 23.3 Å². The number of nitrogens with one attached hydrogen (secondary N) is 1. The molecule has 0 radical (unpaired) electrons. The number of carbonyl (C=O) groups excluding carboxylic acids is 1. The number of fused-ring (bicyclic) bond motifs is 3. The molecule has 0 unspecified atom stereocenters. The van der Waals surface area contributed by atoms with Crippen molar-refractivity contribution in [3.8, 4) is 5.75 Å². The Balaban J connectivity index is 1.42. The third-order valence-electron chi connectivity index (χ3n) is 4.82. The van der Waals surface area contributed by atoms with E-state index in [4.69, 9.17) is 4.74 Å². The molecule has 0 saturated carbocycles. The Labute approximate surface area is 176 Å². The zero-order valence-electron chi connectivity index (χ0n) is 16.7. The lowest BCUT2D eigenvalue weighted by Gasteiger charge is -2.08. The molecule has 1 amide bonds. The highest BCUT2D eigenvalue weighted by Crippen LogP contribution is 2.21. The highest BCUT2D eigenvalue weighted by Gasteiger charge is 2.15. The Morgan fingerprint density at radius 3 is 2.67 bits per heavy atom. The Hall–Kier alpha value is -3.33. The van der Waals surface area contributed by atoms with Crippen LogP contribution in [-0.4, -0.2) is 44.5 Å². The predicted octanol–water partition coefficient (Wildman–Crippen LogP) is 2.04. The number of rotatable bonds is 7. The minimum atomic E-state index is -0.127. The van der Waals surface area contributed by atoms with Crippen LogP contribution in [-0.2, 0) is 18.3 Å². The van der Waals surface area contributed by atoms with Crippen molar-refractivity contribution in [3.05, 3.63) is 64.4 Å². The summed E-state index contributed by atoms with van der Waals surface area (Å²) >= 11 is 1.29. The molecule has 30 heavy (non-hydrogen) atoms. The van der Waals surface area contributed by atoms with Crippen LogP contribution in [0.1, 0.15) is 5.56 Å². The van der Waals surface area contributed by atoms with E-state index in [1.807, 2.05) is 46.9 Å². The first-order chi connectivity index (χ1) is 14.6. The van der Waals surface area contributed by atoms with E-state index in [2.05, 4.69) is 15.5 Å². The summed E-state index contributed by atoms with van der Waals surface area (Å²) in [5.41, 5.74) is 1.72. The van der Waals surface area contributed by atoms with Gasteiger partial charge in [0.25, 0.3) is 5.56 Å². The topological polar surface area (TPSA) is 90.5 Å². The number of methoxy groups -OCH3 is 1. The summed E-state index contributed by atoms with van der Waals surface area (Å²) in [6, 6.07) is 15.1. The normalized spacial score (nSPS) is 11.1. The van der Waals surface area contributed by atoms with Crippen molar-refractivity contribution in [3.63, 3.8) is 0 Å². The Bertz CT molecular complexity index is 1260. The molecule has 4 aromatic rings. The Kier molecular flexibility index (Phi) is 5.71. The first-order valence-electron chi connectivity index (χ1n) is 9.44. The molecule has 8 nitrogen and oxygen atoms in total. The van der Waals surface area contributed by atoms with Crippen molar-refractivity contribution >= 4 is 34.3 Å². The van der Waals surface area contributed by atoms with E-state index in [9.17, 15) is 9.59 Å². The van der Waals surface area contributed by atoms with Gasteiger partial charge >= 0.3 is 0 Å². The van der Waals surface area contributed by atoms with Gasteiger partial charge in [-0.25, -0.2) is 0 Å². The number of aromatic nitrogens is 4. The first kappa shape index (κ1) is 20.0. The summed E-state index contributed by atoms with van der Waals surface area (Å²) < 4.78 is 8.42. The van der Waals surface area contributed by atoms with Crippen LogP contribution in [0.3, 0.4) is 0 Å². The van der Waals surface area contributed by atoms with Gasteiger partial charge in [-0.05, 0) is 36.2 Å². The molecule has 0 saturated heterocycles. The lowest BCUT2D eigenvalue weighted by molar-refractivity contribution is -0.118. The van der Waals surface area contributed by atoms with E-state index in [1.165, 1.54) is 16.3 Å². The number of hydrogen-bond acceptors (Lipinski definition) is 6. The van der Waals surface area contributed by atoms with Crippen molar-refractivity contribution in [2.75, 3.05) is 19.4 Å². The summed E-state index contributed by atoms with van der Waals surface area (Å²) in [6.45, 7) is 0.545. The number of benzene rings is 2. The van der Waals surface area contributed by atoms with Crippen molar-refractivity contribution in [2.45, 2.75) is 11.6 Å². The van der Waals surface area contributed by atoms with E-state index in [-0.39, 0.29) is 17.2 Å². The molecule has 0 spiro atoms. The highest BCUT2D eigenvalue weighted by atomic mass is 32.2. The molecule has 2 aromatic heterocycles. The summed E-state index contributed by atoms with van der Waals surface area (Å²) in [5.74, 6) is 1.38. The van der Waals surface area contributed by atoms with Crippen LogP contribution < -0.4 is 15.6 Å². The van der Waals surface area contributed by atoms with Gasteiger partial charge in [0.2, 0.25) is 11.7 Å². The van der Waals surface area contributed by atoms with Gasteiger partial charge in [-0.1, -0.05) is 36.0 Å². The number of amides is 1. The summed E-state index contributed by atoms with van der Waals surface area (Å²) in [7, 11) is 3.30. The van der Waals surface area contributed by atoms with E-state index < -0.39 is 0 Å². The molecule has 0 aliphatic rings. The van der Waals surface area contributed by atoms with Crippen LogP contribution >= 0.6 is 11.8 Å². The second kappa shape index (κ2) is 8.58. The average molecular weight is 423 g/mol. The number of nitrogens with zero attached hydrogens (tertiary/aromatic N) is 4. The lowest BCUT2D eigenvalue weighted by Crippen LogP contribution is -2.27. The zero-order valence-corrected chi connectivity index (χ0v) is 17.5. The molecule has 154 valence electrons. The Morgan fingerprint density at radius 1 is 1.13 bits per heavy atom.